The SMILES string of the molecule is CC(C)CN(CC(N)=O)c1nc(N)nc(N2CCCC2)n1. The van der Waals surface area contributed by atoms with Crippen molar-refractivity contribution in [2.24, 2.45) is 11.7 Å². The summed E-state index contributed by atoms with van der Waals surface area (Å²) in [5.41, 5.74) is 11.1. The van der Waals surface area contributed by atoms with E-state index in [0.29, 0.717) is 24.4 Å². The first-order valence-electron chi connectivity index (χ1n) is 7.25. The van der Waals surface area contributed by atoms with Gasteiger partial charge in [-0.05, 0) is 18.8 Å². The standard InChI is InChI=1S/C13H23N7O/c1-9(2)7-20(8-10(14)21)13-17-11(15)16-12(18-13)19-5-3-4-6-19/h9H,3-8H2,1-2H3,(H2,14,21)(H2,15,16,17,18). The summed E-state index contributed by atoms with van der Waals surface area (Å²) in [6, 6.07) is 0. The van der Waals surface area contributed by atoms with Crippen LogP contribution in [-0.4, -0.2) is 47.0 Å². The third kappa shape index (κ3) is 4.17. The van der Waals surface area contributed by atoms with Gasteiger partial charge in [0.1, 0.15) is 0 Å². The number of hydrogen-bond donors (Lipinski definition) is 2. The van der Waals surface area contributed by atoms with Crippen LogP contribution >= 0.6 is 0 Å². The van der Waals surface area contributed by atoms with Crippen LogP contribution in [0.1, 0.15) is 26.7 Å². The molecule has 4 N–H and O–H groups in total. The van der Waals surface area contributed by atoms with Gasteiger partial charge in [-0.2, -0.15) is 15.0 Å². The van der Waals surface area contributed by atoms with E-state index in [-0.39, 0.29) is 12.5 Å². The number of carbonyl (C=O) groups is 1. The Hall–Kier alpha value is -2.12. The number of nitrogen functional groups attached to an aromatic ring is 1. The molecule has 1 aliphatic heterocycles. The monoisotopic (exact) mass is 293 g/mol. The predicted octanol–water partition coefficient (Wildman–Crippen LogP) is 0.00170. The highest BCUT2D eigenvalue weighted by molar-refractivity contribution is 5.79. The van der Waals surface area contributed by atoms with E-state index in [1.807, 2.05) is 0 Å². The van der Waals surface area contributed by atoms with Crippen LogP contribution in [0.5, 0.6) is 0 Å². The number of aromatic nitrogens is 3. The van der Waals surface area contributed by atoms with Gasteiger partial charge in [0.15, 0.2) is 0 Å². The molecule has 0 radical (unpaired) electrons. The van der Waals surface area contributed by atoms with Gasteiger partial charge in [0, 0.05) is 19.6 Å². The first-order valence-corrected chi connectivity index (χ1v) is 7.25. The van der Waals surface area contributed by atoms with E-state index >= 15 is 0 Å². The highest BCUT2D eigenvalue weighted by Gasteiger charge is 2.20. The van der Waals surface area contributed by atoms with Crippen molar-refractivity contribution in [2.75, 3.05) is 41.7 Å². The molecule has 1 aromatic rings. The van der Waals surface area contributed by atoms with E-state index in [1.54, 1.807) is 4.90 Å². The summed E-state index contributed by atoms with van der Waals surface area (Å²) in [7, 11) is 0. The molecule has 0 bridgehead atoms. The zero-order chi connectivity index (χ0) is 15.4. The summed E-state index contributed by atoms with van der Waals surface area (Å²) >= 11 is 0. The van der Waals surface area contributed by atoms with Gasteiger partial charge in [-0.25, -0.2) is 0 Å². The molecule has 0 atom stereocenters. The lowest BCUT2D eigenvalue weighted by molar-refractivity contribution is -0.116. The molecular weight excluding hydrogens is 270 g/mol. The summed E-state index contributed by atoms with van der Waals surface area (Å²) in [5.74, 6) is 1.08. The molecular formula is C13H23N7O. The van der Waals surface area contributed by atoms with Crippen LogP contribution in [0.15, 0.2) is 0 Å². The molecule has 1 fully saturated rings. The molecule has 0 aromatic carbocycles. The Kier molecular flexibility index (Phi) is 4.77. The highest BCUT2D eigenvalue weighted by atomic mass is 16.1. The number of primary amides is 1. The molecule has 1 aliphatic rings. The maximum Gasteiger partial charge on any atom is 0.237 e. The van der Waals surface area contributed by atoms with Gasteiger partial charge < -0.3 is 21.3 Å². The number of rotatable bonds is 6. The van der Waals surface area contributed by atoms with Crippen molar-refractivity contribution in [1.29, 1.82) is 0 Å². The number of hydrogen-bond acceptors (Lipinski definition) is 7. The fourth-order valence-electron chi connectivity index (χ4n) is 2.42. The predicted molar refractivity (Wildman–Crippen MR) is 81.9 cm³/mol. The van der Waals surface area contributed by atoms with E-state index in [9.17, 15) is 4.79 Å². The van der Waals surface area contributed by atoms with Crippen molar-refractivity contribution in [3.8, 4) is 0 Å². The molecule has 1 amide bonds. The second kappa shape index (κ2) is 6.55. The van der Waals surface area contributed by atoms with Gasteiger partial charge in [0.2, 0.25) is 23.8 Å². The zero-order valence-corrected chi connectivity index (χ0v) is 12.6. The third-order valence-electron chi connectivity index (χ3n) is 3.23. The van der Waals surface area contributed by atoms with Gasteiger partial charge in [-0.3, -0.25) is 4.79 Å². The lowest BCUT2D eigenvalue weighted by Crippen LogP contribution is -2.38. The Morgan fingerprint density at radius 2 is 1.95 bits per heavy atom. The van der Waals surface area contributed by atoms with Crippen LogP contribution in [0, 0.1) is 5.92 Å². The Bertz CT molecular complexity index is 499. The average Bonchev–Trinajstić information content (AvgIpc) is 2.90. The molecule has 1 saturated heterocycles. The molecule has 0 unspecified atom stereocenters. The minimum absolute atomic E-state index is 0.0705. The van der Waals surface area contributed by atoms with Crippen LogP contribution in [0.4, 0.5) is 17.8 Å². The number of nitrogens with zero attached hydrogens (tertiary/aromatic N) is 5. The van der Waals surface area contributed by atoms with E-state index in [0.717, 1.165) is 25.9 Å². The Morgan fingerprint density at radius 3 is 2.52 bits per heavy atom. The van der Waals surface area contributed by atoms with Crippen molar-refractivity contribution in [2.45, 2.75) is 26.7 Å². The van der Waals surface area contributed by atoms with Crippen LogP contribution < -0.4 is 21.3 Å². The summed E-state index contributed by atoms with van der Waals surface area (Å²) < 4.78 is 0. The zero-order valence-electron chi connectivity index (χ0n) is 12.6. The van der Waals surface area contributed by atoms with E-state index in [1.165, 1.54) is 0 Å². The molecule has 0 spiro atoms. The number of amides is 1. The smallest absolute Gasteiger partial charge is 0.237 e. The van der Waals surface area contributed by atoms with Gasteiger partial charge in [0.25, 0.3) is 0 Å². The average molecular weight is 293 g/mol. The van der Waals surface area contributed by atoms with Crippen molar-refractivity contribution >= 4 is 23.8 Å². The molecule has 2 rings (SSSR count). The van der Waals surface area contributed by atoms with Gasteiger partial charge in [-0.15, -0.1) is 0 Å². The number of carbonyl (C=O) groups excluding carboxylic acids is 1. The lowest BCUT2D eigenvalue weighted by Gasteiger charge is -2.24. The lowest BCUT2D eigenvalue weighted by atomic mass is 10.2. The Labute approximate surface area is 124 Å². The first-order chi connectivity index (χ1) is 9.95. The summed E-state index contributed by atoms with van der Waals surface area (Å²) in [4.78, 5) is 27.9. The molecule has 0 aliphatic carbocycles. The molecule has 116 valence electrons. The fraction of sp³-hybridized carbons (Fsp3) is 0.692. The van der Waals surface area contributed by atoms with E-state index in [4.69, 9.17) is 11.5 Å². The van der Waals surface area contributed by atoms with E-state index < -0.39 is 5.91 Å². The van der Waals surface area contributed by atoms with Crippen molar-refractivity contribution in [1.82, 2.24) is 15.0 Å². The molecule has 0 saturated carbocycles. The highest BCUT2D eigenvalue weighted by Crippen LogP contribution is 2.19. The molecule has 8 heteroatoms. The van der Waals surface area contributed by atoms with Crippen LogP contribution in [0.3, 0.4) is 0 Å². The second-order valence-corrected chi connectivity index (χ2v) is 5.73. The summed E-state index contributed by atoms with van der Waals surface area (Å²) in [6.45, 7) is 6.65. The van der Waals surface area contributed by atoms with Crippen molar-refractivity contribution < 1.29 is 4.79 Å². The first kappa shape index (κ1) is 15.3. The maximum absolute atomic E-state index is 11.3. The normalized spacial score (nSPS) is 14.7. The van der Waals surface area contributed by atoms with Crippen LogP contribution in [0.25, 0.3) is 0 Å². The van der Waals surface area contributed by atoms with Gasteiger partial charge >= 0.3 is 0 Å². The van der Waals surface area contributed by atoms with Crippen LogP contribution in [0.2, 0.25) is 0 Å². The maximum atomic E-state index is 11.3. The van der Waals surface area contributed by atoms with E-state index in [2.05, 4.69) is 33.7 Å². The molecule has 8 nitrogen and oxygen atoms in total. The van der Waals surface area contributed by atoms with Crippen LogP contribution in [-0.2, 0) is 4.79 Å². The van der Waals surface area contributed by atoms with Crippen molar-refractivity contribution in [3.05, 3.63) is 0 Å². The van der Waals surface area contributed by atoms with Crippen molar-refractivity contribution in [3.63, 3.8) is 0 Å². The third-order valence-corrected chi connectivity index (χ3v) is 3.23. The Morgan fingerprint density at radius 1 is 1.29 bits per heavy atom. The summed E-state index contributed by atoms with van der Waals surface area (Å²) in [6.07, 6.45) is 2.25. The quantitative estimate of drug-likeness (QED) is 0.758. The Balaban J connectivity index is 2.27. The molecule has 2 heterocycles. The minimum Gasteiger partial charge on any atom is -0.368 e. The molecule has 1 aromatic heterocycles. The minimum atomic E-state index is -0.419. The van der Waals surface area contributed by atoms with Gasteiger partial charge in [0.05, 0.1) is 6.54 Å². The summed E-state index contributed by atoms with van der Waals surface area (Å²) in [5, 5.41) is 0. The fourth-order valence-corrected chi connectivity index (χ4v) is 2.42. The van der Waals surface area contributed by atoms with Gasteiger partial charge in [-0.1, -0.05) is 13.8 Å². The second-order valence-electron chi connectivity index (χ2n) is 5.73. The number of anilines is 3. The molecule has 21 heavy (non-hydrogen) atoms. The largest absolute Gasteiger partial charge is 0.368 e. The topological polar surface area (TPSA) is 114 Å². The number of nitrogens with two attached hydrogens (primary N) is 2.